The van der Waals surface area contributed by atoms with Crippen molar-refractivity contribution >= 4 is 44.6 Å². The lowest BCUT2D eigenvalue weighted by Crippen LogP contribution is -2.25. The number of benzene rings is 3. The van der Waals surface area contributed by atoms with Crippen molar-refractivity contribution in [3.63, 3.8) is 0 Å². The number of hydrogen-bond acceptors (Lipinski definition) is 5. The summed E-state index contributed by atoms with van der Waals surface area (Å²) < 4.78 is 7.96. The molecule has 4 aromatic rings. The maximum absolute atomic E-state index is 13.5. The van der Waals surface area contributed by atoms with Crippen LogP contribution in [0.15, 0.2) is 87.2 Å². The Bertz CT molecular complexity index is 1490. The van der Waals surface area contributed by atoms with Crippen LogP contribution in [0.4, 0.5) is 5.69 Å². The monoisotopic (exact) mass is 558 g/mol. The number of nitrogens with one attached hydrogen (secondary N) is 1. The number of nitrogens with zero attached hydrogens (tertiary/aromatic N) is 3. The Morgan fingerprint density at radius 3 is 2.68 bits per heavy atom. The van der Waals surface area contributed by atoms with Crippen LogP contribution < -0.4 is 15.6 Å². The molecular weight excluding hydrogens is 532 g/mol. The van der Waals surface area contributed by atoms with Gasteiger partial charge in [0.25, 0.3) is 11.5 Å². The van der Waals surface area contributed by atoms with Crippen molar-refractivity contribution in [2.75, 3.05) is 11.9 Å². The van der Waals surface area contributed by atoms with Crippen molar-refractivity contribution in [1.82, 2.24) is 9.66 Å². The van der Waals surface area contributed by atoms with Gasteiger partial charge < -0.3 is 10.1 Å². The average molecular weight is 559 g/mol. The molecule has 1 aromatic heterocycles. The molecule has 0 aliphatic heterocycles. The van der Waals surface area contributed by atoms with E-state index in [0.29, 0.717) is 28.2 Å². The maximum atomic E-state index is 13.5. The lowest BCUT2D eigenvalue weighted by molar-refractivity contribution is -0.118. The van der Waals surface area contributed by atoms with Crippen LogP contribution in [0.1, 0.15) is 49.4 Å². The van der Waals surface area contributed by atoms with Crippen LogP contribution in [0.3, 0.4) is 0 Å². The fraction of sp³-hybridized carbons (Fsp3) is 0.241. The first-order chi connectivity index (χ1) is 18.1. The smallest absolute Gasteiger partial charge is 0.282 e. The third kappa shape index (κ3) is 6.14. The van der Waals surface area contributed by atoms with Crippen molar-refractivity contribution < 1.29 is 9.53 Å². The van der Waals surface area contributed by atoms with E-state index in [9.17, 15) is 9.59 Å². The summed E-state index contributed by atoms with van der Waals surface area (Å²) in [6.45, 7) is -0.121. The van der Waals surface area contributed by atoms with Crippen LogP contribution in [0.2, 0.25) is 0 Å². The molecule has 1 fully saturated rings. The number of ether oxygens (including phenoxy) is 1. The molecule has 7 nitrogen and oxygen atoms in total. The Balaban J connectivity index is 1.38. The highest BCUT2D eigenvalue weighted by atomic mass is 79.9. The molecule has 0 spiro atoms. The zero-order valence-corrected chi connectivity index (χ0v) is 21.9. The van der Waals surface area contributed by atoms with Crippen LogP contribution >= 0.6 is 15.9 Å². The second-order valence-electron chi connectivity index (χ2n) is 9.10. The van der Waals surface area contributed by atoms with E-state index in [1.807, 2.05) is 54.6 Å². The Morgan fingerprint density at radius 1 is 1.05 bits per heavy atom. The molecule has 0 bridgehead atoms. The Hall–Kier alpha value is -3.78. The summed E-state index contributed by atoms with van der Waals surface area (Å²) in [4.78, 5) is 30.6. The van der Waals surface area contributed by atoms with Crippen molar-refractivity contribution in [2.45, 2.75) is 38.0 Å². The molecule has 0 saturated heterocycles. The van der Waals surface area contributed by atoms with E-state index in [1.54, 1.807) is 24.4 Å². The number of anilines is 1. The van der Waals surface area contributed by atoms with Crippen LogP contribution in [0.25, 0.3) is 10.9 Å². The molecule has 0 unspecified atom stereocenters. The van der Waals surface area contributed by atoms with Crippen molar-refractivity contribution in [1.29, 1.82) is 0 Å². The number of hydrogen-bond donors (Lipinski definition) is 1. The lowest BCUT2D eigenvalue weighted by Gasteiger charge is -2.22. The normalized spacial score (nSPS) is 14.2. The number of para-hydroxylation sites is 1. The summed E-state index contributed by atoms with van der Waals surface area (Å²) in [6.07, 6.45) is 7.09. The number of amides is 1. The molecule has 37 heavy (non-hydrogen) atoms. The van der Waals surface area contributed by atoms with Gasteiger partial charge in [0, 0.05) is 16.1 Å². The van der Waals surface area contributed by atoms with E-state index < -0.39 is 0 Å². The van der Waals surface area contributed by atoms with Gasteiger partial charge in [0.1, 0.15) is 11.6 Å². The lowest BCUT2D eigenvalue weighted by atomic mass is 9.88. The minimum Gasteiger partial charge on any atom is -0.484 e. The van der Waals surface area contributed by atoms with E-state index in [4.69, 9.17) is 9.72 Å². The van der Waals surface area contributed by atoms with Crippen molar-refractivity contribution in [2.24, 2.45) is 5.10 Å². The third-order valence-electron chi connectivity index (χ3n) is 6.41. The first-order valence-corrected chi connectivity index (χ1v) is 13.2. The number of halogens is 1. The topological polar surface area (TPSA) is 85.6 Å². The van der Waals surface area contributed by atoms with Crippen molar-refractivity contribution in [3.05, 3.63) is 99.0 Å². The molecule has 1 N–H and O–H groups in total. The predicted octanol–water partition coefficient (Wildman–Crippen LogP) is 6.11. The molecule has 1 saturated carbocycles. The summed E-state index contributed by atoms with van der Waals surface area (Å²) >= 11 is 3.46. The van der Waals surface area contributed by atoms with E-state index >= 15 is 0 Å². The third-order valence-corrected chi connectivity index (χ3v) is 6.90. The molecule has 3 aromatic carbocycles. The van der Waals surface area contributed by atoms with Gasteiger partial charge >= 0.3 is 0 Å². The van der Waals surface area contributed by atoms with E-state index in [0.717, 1.165) is 35.7 Å². The van der Waals surface area contributed by atoms with Gasteiger partial charge in [-0.1, -0.05) is 65.5 Å². The van der Waals surface area contributed by atoms with Gasteiger partial charge in [0.15, 0.2) is 6.61 Å². The average Bonchev–Trinajstić information content (AvgIpc) is 2.93. The fourth-order valence-corrected chi connectivity index (χ4v) is 4.94. The van der Waals surface area contributed by atoms with Crippen LogP contribution in [-0.2, 0) is 4.79 Å². The van der Waals surface area contributed by atoms with Crippen LogP contribution in [0, 0.1) is 0 Å². The minimum atomic E-state index is -0.248. The van der Waals surface area contributed by atoms with Gasteiger partial charge in [-0.25, -0.2) is 4.98 Å². The van der Waals surface area contributed by atoms with E-state index in [2.05, 4.69) is 26.3 Å². The number of rotatable bonds is 7. The summed E-state index contributed by atoms with van der Waals surface area (Å²) in [5, 5.41) is 7.91. The second kappa shape index (κ2) is 11.5. The number of aromatic nitrogens is 2. The highest BCUT2D eigenvalue weighted by molar-refractivity contribution is 9.10. The molecular formula is C29H27BrN4O3. The molecule has 188 valence electrons. The summed E-state index contributed by atoms with van der Waals surface area (Å²) in [5.41, 5.74) is 1.96. The van der Waals surface area contributed by atoms with Crippen LogP contribution in [0.5, 0.6) is 5.75 Å². The SMILES string of the molecule is O=C(COc1cccc(C=Nn2c(C3CCCCC3)nc3ccc(Br)cc3c2=O)c1)Nc1ccccc1. The van der Waals surface area contributed by atoms with Gasteiger partial charge in [-0.3, -0.25) is 9.59 Å². The van der Waals surface area contributed by atoms with Gasteiger partial charge in [-0.05, 0) is 60.9 Å². The zero-order valence-electron chi connectivity index (χ0n) is 20.3. The fourth-order valence-electron chi connectivity index (χ4n) is 4.58. The summed E-state index contributed by atoms with van der Waals surface area (Å²) in [5.74, 6) is 1.19. The van der Waals surface area contributed by atoms with E-state index in [-0.39, 0.29) is 24.0 Å². The van der Waals surface area contributed by atoms with Crippen molar-refractivity contribution in [3.8, 4) is 5.75 Å². The van der Waals surface area contributed by atoms with Gasteiger partial charge in [0.2, 0.25) is 0 Å². The minimum absolute atomic E-state index is 0.121. The molecule has 1 heterocycles. The van der Waals surface area contributed by atoms with Gasteiger partial charge in [-0.15, -0.1) is 0 Å². The number of fused-ring (bicyclic) bond motifs is 1. The summed E-state index contributed by atoms with van der Waals surface area (Å²) in [7, 11) is 0. The standard InChI is InChI=1S/C29H27BrN4O3/c30-22-14-15-26-25(17-22)29(36)34(28(33-26)21-9-3-1-4-10-21)31-18-20-8-7-13-24(16-20)37-19-27(35)32-23-11-5-2-6-12-23/h2,5-8,11-18,21H,1,3-4,9-10,19H2,(H,32,35). The predicted molar refractivity (Wildman–Crippen MR) is 150 cm³/mol. The Labute approximate surface area is 223 Å². The molecule has 1 amide bonds. The molecule has 8 heteroatoms. The quantitative estimate of drug-likeness (QED) is 0.277. The Morgan fingerprint density at radius 2 is 1.86 bits per heavy atom. The second-order valence-corrected chi connectivity index (χ2v) is 10.0. The highest BCUT2D eigenvalue weighted by Crippen LogP contribution is 2.32. The molecule has 1 aliphatic carbocycles. The zero-order chi connectivity index (χ0) is 25.6. The molecule has 1 aliphatic rings. The van der Waals surface area contributed by atoms with E-state index in [1.165, 1.54) is 11.1 Å². The van der Waals surface area contributed by atoms with Gasteiger partial charge in [0.05, 0.1) is 17.1 Å². The molecule has 0 atom stereocenters. The Kier molecular flexibility index (Phi) is 7.75. The highest BCUT2D eigenvalue weighted by Gasteiger charge is 2.22. The number of carbonyl (C=O) groups excluding carboxylic acids is 1. The summed E-state index contributed by atoms with van der Waals surface area (Å²) in [6, 6.07) is 22.1. The first kappa shape index (κ1) is 24.9. The first-order valence-electron chi connectivity index (χ1n) is 12.4. The maximum Gasteiger partial charge on any atom is 0.282 e. The van der Waals surface area contributed by atoms with Crippen LogP contribution in [-0.4, -0.2) is 28.4 Å². The number of carbonyl (C=O) groups is 1. The molecule has 0 radical (unpaired) electrons. The van der Waals surface area contributed by atoms with Gasteiger partial charge in [-0.2, -0.15) is 9.78 Å². The molecule has 5 rings (SSSR count). The largest absolute Gasteiger partial charge is 0.484 e.